The molecule has 2 aromatic carbocycles. The van der Waals surface area contributed by atoms with Crippen LogP contribution in [0.15, 0.2) is 46.9 Å². The fraction of sp³-hybridized carbons (Fsp3) is 0.368. The van der Waals surface area contributed by atoms with Gasteiger partial charge in [0.1, 0.15) is 6.10 Å². The van der Waals surface area contributed by atoms with Gasteiger partial charge in [-0.1, -0.05) is 79.2 Å². The number of benzene rings is 2. The Kier molecular flexibility index (Phi) is 4.90. The van der Waals surface area contributed by atoms with Crippen LogP contribution in [0.5, 0.6) is 0 Å². The van der Waals surface area contributed by atoms with E-state index in [1.807, 2.05) is 37.3 Å². The molecule has 0 heterocycles. The van der Waals surface area contributed by atoms with Gasteiger partial charge < -0.3 is 5.11 Å². The molecule has 1 unspecified atom stereocenters. The van der Waals surface area contributed by atoms with Gasteiger partial charge in [0, 0.05) is 4.47 Å². The van der Waals surface area contributed by atoms with Crippen LogP contribution in [0, 0.1) is 6.92 Å². The molecule has 1 N–H and O–H groups in total. The molecule has 0 bridgehead atoms. The Hall–Kier alpha value is -1.12. The molecule has 112 valence electrons. The molecule has 2 heteroatoms. The Morgan fingerprint density at radius 1 is 1.10 bits per heavy atom. The minimum atomic E-state index is -0.599. The van der Waals surface area contributed by atoms with E-state index in [2.05, 4.69) is 48.8 Å². The zero-order valence-corrected chi connectivity index (χ0v) is 14.7. The van der Waals surface area contributed by atoms with Crippen LogP contribution >= 0.6 is 15.9 Å². The molecule has 0 amide bonds. The Labute approximate surface area is 136 Å². The molecule has 0 radical (unpaired) electrons. The summed E-state index contributed by atoms with van der Waals surface area (Å²) in [5, 5.41) is 10.6. The van der Waals surface area contributed by atoms with Gasteiger partial charge in [-0.25, -0.2) is 0 Å². The summed E-state index contributed by atoms with van der Waals surface area (Å²) in [6, 6.07) is 14.3. The van der Waals surface area contributed by atoms with Gasteiger partial charge in [-0.2, -0.15) is 0 Å². The van der Waals surface area contributed by atoms with Crippen molar-refractivity contribution >= 4 is 15.9 Å². The molecule has 1 atom stereocenters. The Morgan fingerprint density at radius 3 is 2.29 bits per heavy atom. The highest BCUT2D eigenvalue weighted by atomic mass is 79.9. The van der Waals surface area contributed by atoms with Crippen LogP contribution in [0.25, 0.3) is 0 Å². The lowest BCUT2D eigenvalue weighted by atomic mass is 9.81. The number of hydrogen-bond donors (Lipinski definition) is 1. The zero-order chi connectivity index (χ0) is 15.6. The zero-order valence-electron chi connectivity index (χ0n) is 13.2. The second kappa shape index (κ2) is 6.33. The second-order valence-corrected chi connectivity index (χ2v) is 7.03. The largest absolute Gasteiger partial charge is 0.384 e. The lowest BCUT2D eigenvalue weighted by molar-refractivity contribution is 0.219. The SMILES string of the molecule is CCC(C)(C)c1ccc(C(O)c2cccc(C)c2Br)cc1. The van der Waals surface area contributed by atoms with E-state index >= 15 is 0 Å². The molecule has 0 saturated carbocycles. The minimum absolute atomic E-state index is 0.174. The third kappa shape index (κ3) is 3.38. The van der Waals surface area contributed by atoms with Crippen molar-refractivity contribution in [3.63, 3.8) is 0 Å². The maximum atomic E-state index is 10.6. The van der Waals surface area contributed by atoms with Crippen LogP contribution in [-0.4, -0.2) is 5.11 Å². The highest BCUT2D eigenvalue weighted by Crippen LogP contribution is 2.32. The molecule has 21 heavy (non-hydrogen) atoms. The van der Waals surface area contributed by atoms with Crippen LogP contribution in [0.1, 0.15) is 55.5 Å². The van der Waals surface area contributed by atoms with Crippen LogP contribution in [-0.2, 0) is 5.41 Å². The monoisotopic (exact) mass is 346 g/mol. The first kappa shape index (κ1) is 16.3. The minimum Gasteiger partial charge on any atom is -0.384 e. The highest BCUT2D eigenvalue weighted by Gasteiger charge is 2.19. The number of aliphatic hydroxyl groups excluding tert-OH is 1. The third-order valence-corrected chi connectivity index (χ3v) is 5.49. The number of aliphatic hydroxyl groups is 1. The molecular formula is C19H23BrO. The smallest absolute Gasteiger partial charge is 0.105 e. The summed E-state index contributed by atoms with van der Waals surface area (Å²) in [7, 11) is 0. The van der Waals surface area contributed by atoms with Gasteiger partial charge >= 0.3 is 0 Å². The summed E-state index contributed by atoms with van der Waals surface area (Å²) in [6.07, 6.45) is 0.497. The Bertz CT molecular complexity index is 614. The summed E-state index contributed by atoms with van der Waals surface area (Å²) in [5.74, 6) is 0. The van der Waals surface area contributed by atoms with Crippen molar-refractivity contribution in [3.05, 3.63) is 69.2 Å². The fourth-order valence-electron chi connectivity index (χ4n) is 2.38. The van der Waals surface area contributed by atoms with E-state index in [9.17, 15) is 5.11 Å². The van der Waals surface area contributed by atoms with Gasteiger partial charge in [0.25, 0.3) is 0 Å². The molecule has 0 aliphatic heterocycles. The van der Waals surface area contributed by atoms with Crippen molar-refractivity contribution < 1.29 is 5.11 Å². The Balaban J connectivity index is 2.32. The number of aryl methyl sites for hydroxylation is 1. The van der Waals surface area contributed by atoms with Crippen LogP contribution < -0.4 is 0 Å². The van der Waals surface area contributed by atoms with E-state index in [0.29, 0.717) is 0 Å². The standard InChI is InChI=1S/C19H23BrO/c1-5-19(3,4)15-11-9-14(10-12-15)18(21)16-8-6-7-13(2)17(16)20/h6-12,18,21H,5H2,1-4H3. The van der Waals surface area contributed by atoms with Crippen molar-refractivity contribution in [2.75, 3.05) is 0 Å². The molecule has 0 saturated heterocycles. The quantitative estimate of drug-likeness (QED) is 0.771. The van der Waals surface area contributed by atoms with Gasteiger partial charge in [-0.15, -0.1) is 0 Å². The summed E-state index contributed by atoms with van der Waals surface area (Å²) >= 11 is 3.58. The molecule has 0 aliphatic rings. The predicted molar refractivity (Wildman–Crippen MR) is 92.7 cm³/mol. The lowest BCUT2D eigenvalue weighted by Gasteiger charge is -2.24. The van der Waals surface area contributed by atoms with Crippen molar-refractivity contribution in [1.29, 1.82) is 0 Å². The first-order valence-electron chi connectivity index (χ1n) is 7.40. The normalized spacial score (nSPS) is 13.2. The summed E-state index contributed by atoms with van der Waals surface area (Å²) in [4.78, 5) is 0. The number of halogens is 1. The van der Waals surface area contributed by atoms with Gasteiger partial charge in [0.2, 0.25) is 0 Å². The lowest BCUT2D eigenvalue weighted by Crippen LogP contribution is -2.15. The van der Waals surface area contributed by atoms with Crippen LogP contribution in [0.4, 0.5) is 0 Å². The molecular weight excluding hydrogens is 324 g/mol. The van der Waals surface area contributed by atoms with Crippen LogP contribution in [0.3, 0.4) is 0 Å². The number of rotatable bonds is 4. The van der Waals surface area contributed by atoms with E-state index in [1.165, 1.54) is 5.56 Å². The predicted octanol–water partition coefficient (Wildman–Crippen LogP) is 5.53. The van der Waals surface area contributed by atoms with Gasteiger partial charge in [0.05, 0.1) is 0 Å². The molecule has 0 spiro atoms. The van der Waals surface area contributed by atoms with Crippen molar-refractivity contribution in [1.82, 2.24) is 0 Å². The average molecular weight is 347 g/mol. The van der Waals surface area contributed by atoms with Gasteiger partial charge in [-0.05, 0) is 41.0 Å². The van der Waals surface area contributed by atoms with Crippen molar-refractivity contribution in [2.24, 2.45) is 0 Å². The first-order valence-corrected chi connectivity index (χ1v) is 8.19. The topological polar surface area (TPSA) is 20.2 Å². The van der Waals surface area contributed by atoms with Crippen molar-refractivity contribution in [3.8, 4) is 0 Å². The van der Waals surface area contributed by atoms with E-state index in [1.54, 1.807) is 0 Å². The molecule has 0 aromatic heterocycles. The molecule has 2 rings (SSSR count). The fourth-order valence-corrected chi connectivity index (χ4v) is 2.86. The first-order chi connectivity index (χ1) is 9.86. The third-order valence-electron chi connectivity index (χ3n) is 4.41. The summed E-state index contributed by atoms with van der Waals surface area (Å²) in [5.41, 5.74) is 4.46. The van der Waals surface area contributed by atoms with E-state index in [-0.39, 0.29) is 5.41 Å². The molecule has 0 aliphatic carbocycles. The molecule has 2 aromatic rings. The van der Waals surface area contributed by atoms with Crippen LogP contribution in [0.2, 0.25) is 0 Å². The van der Waals surface area contributed by atoms with Crippen molar-refractivity contribution in [2.45, 2.75) is 45.6 Å². The van der Waals surface area contributed by atoms with E-state index in [0.717, 1.165) is 27.6 Å². The summed E-state index contributed by atoms with van der Waals surface area (Å²) < 4.78 is 0.982. The molecule has 1 nitrogen and oxygen atoms in total. The molecule has 0 fully saturated rings. The van der Waals surface area contributed by atoms with Gasteiger partial charge in [-0.3, -0.25) is 0 Å². The average Bonchev–Trinajstić information content (AvgIpc) is 2.49. The summed E-state index contributed by atoms with van der Waals surface area (Å²) in [6.45, 7) is 8.73. The van der Waals surface area contributed by atoms with E-state index in [4.69, 9.17) is 0 Å². The maximum Gasteiger partial charge on any atom is 0.105 e. The van der Waals surface area contributed by atoms with E-state index < -0.39 is 6.10 Å². The maximum absolute atomic E-state index is 10.6. The Morgan fingerprint density at radius 2 is 1.71 bits per heavy atom. The van der Waals surface area contributed by atoms with Gasteiger partial charge in [0.15, 0.2) is 0 Å². The number of hydrogen-bond acceptors (Lipinski definition) is 1. The highest BCUT2D eigenvalue weighted by molar-refractivity contribution is 9.10. The second-order valence-electron chi connectivity index (χ2n) is 6.24.